The van der Waals surface area contributed by atoms with Gasteiger partial charge < -0.3 is 20.6 Å². The van der Waals surface area contributed by atoms with E-state index in [9.17, 15) is 14.3 Å². The van der Waals surface area contributed by atoms with Gasteiger partial charge in [-0.15, -0.1) is 0 Å². The highest BCUT2D eigenvalue weighted by molar-refractivity contribution is 5.74. The van der Waals surface area contributed by atoms with Crippen LogP contribution in [0.2, 0.25) is 0 Å². The van der Waals surface area contributed by atoms with E-state index in [0.29, 0.717) is 18.8 Å². The summed E-state index contributed by atoms with van der Waals surface area (Å²) < 4.78 is 14.0. The van der Waals surface area contributed by atoms with Crippen molar-refractivity contribution in [3.63, 3.8) is 0 Å². The van der Waals surface area contributed by atoms with E-state index in [4.69, 9.17) is 0 Å². The number of amides is 2. The minimum Gasteiger partial charge on any atom is -0.396 e. The number of anilines is 1. The van der Waals surface area contributed by atoms with Gasteiger partial charge in [0.2, 0.25) is 0 Å². The first-order valence-corrected chi connectivity index (χ1v) is 9.27. The number of benzene rings is 1. The highest BCUT2D eigenvalue weighted by Gasteiger charge is 2.36. The van der Waals surface area contributed by atoms with Crippen LogP contribution in [0.5, 0.6) is 0 Å². The number of nitrogens with one attached hydrogen (secondary N) is 2. The molecule has 0 radical (unpaired) electrons. The first-order valence-electron chi connectivity index (χ1n) is 9.27. The molecule has 1 aliphatic carbocycles. The fourth-order valence-corrected chi connectivity index (χ4v) is 3.96. The molecule has 0 spiro atoms. The molecule has 1 aromatic rings. The largest absolute Gasteiger partial charge is 0.396 e. The van der Waals surface area contributed by atoms with Crippen LogP contribution in [0.3, 0.4) is 0 Å². The highest BCUT2D eigenvalue weighted by Crippen LogP contribution is 2.43. The Balaban J connectivity index is 1.49. The van der Waals surface area contributed by atoms with E-state index in [-0.39, 0.29) is 29.9 Å². The maximum Gasteiger partial charge on any atom is 0.315 e. The predicted molar refractivity (Wildman–Crippen MR) is 96.2 cm³/mol. The molecule has 3 rings (SSSR count). The summed E-state index contributed by atoms with van der Waals surface area (Å²) in [5.41, 5.74) is 0.684. The number of para-hydroxylation sites is 1. The number of hydrogen-bond acceptors (Lipinski definition) is 3. The monoisotopic (exact) mass is 349 g/mol. The number of urea groups is 1. The van der Waals surface area contributed by atoms with E-state index in [1.54, 1.807) is 12.1 Å². The number of aliphatic hydroxyl groups excluding tert-OH is 1. The highest BCUT2D eigenvalue weighted by atomic mass is 19.1. The minimum absolute atomic E-state index is 0.0172. The Labute approximate surface area is 148 Å². The lowest BCUT2D eigenvalue weighted by atomic mass is 9.67. The van der Waals surface area contributed by atoms with Crippen LogP contribution < -0.4 is 15.5 Å². The maximum atomic E-state index is 14.0. The summed E-state index contributed by atoms with van der Waals surface area (Å²) in [4.78, 5) is 14.2. The second-order valence-corrected chi connectivity index (χ2v) is 7.39. The standard InChI is InChI=1S/C19H28FN3O2/c20-16-6-1-2-7-17(16)23-11-3-5-15(13-23)22-18(25)21-14-19(10-12-24)8-4-9-19/h1-2,6-7,15,24H,3-5,8-14H2,(H2,21,22,25). The number of halogens is 1. The molecule has 6 heteroatoms. The van der Waals surface area contributed by atoms with Gasteiger partial charge in [0.1, 0.15) is 5.82 Å². The van der Waals surface area contributed by atoms with Gasteiger partial charge in [0.15, 0.2) is 0 Å². The van der Waals surface area contributed by atoms with Crippen molar-refractivity contribution in [1.82, 2.24) is 10.6 Å². The maximum absolute atomic E-state index is 14.0. The molecule has 1 aliphatic heterocycles. The summed E-state index contributed by atoms with van der Waals surface area (Å²) in [7, 11) is 0. The average Bonchev–Trinajstić information content (AvgIpc) is 2.58. The number of nitrogens with zero attached hydrogens (tertiary/aromatic N) is 1. The molecule has 2 aliphatic rings. The van der Waals surface area contributed by atoms with Gasteiger partial charge in [0.25, 0.3) is 0 Å². The quantitative estimate of drug-likeness (QED) is 0.740. The summed E-state index contributed by atoms with van der Waals surface area (Å²) in [6, 6.07) is 6.63. The zero-order valence-electron chi connectivity index (χ0n) is 14.6. The first kappa shape index (κ1) is 18.0. The normalized spacial score (nSPS) is 22.2. The number of carbonyl (C=O) groups excluding carboxylic acids is 1. The van der Waals surface area contributed by atoms with Crippen molar-refractivity contribution >= 4 is 11.7 Å². The van der Waals surface area contributed by atoms with Crippen molar-refractivity contribution in [2.45, 2.75) is 44.6 Å². The Morgan fingerprint density at radius 3 is 2.80 bits per heavy atom. The lowest BCUT2D eigenvalue weighted by Crippen LogP contribution is -2.53. The number of rotatable bonds is 6. The van der Waals surface area contributed by atoms with Crippen LogP contribution in [0.15, 0.2) is 24.3 Å². The van der Waals surface area contributed by atoms with Crippen LogP contribution in [0.1, 0.15) is 38.5 Å². The Morgan fingerprint density at radius 1 is 1.32 bits per heavy atom. The van der Waals surface area contributed by atoms with Crippen molar-refractivity contribution in [1.29, 1.82) is 0 Å². The molecular weight excluding hydrogens is 321 g/mol. The van der Waals surface area contributed by atoms with E-state index >= 15 is 0 Å². The van der Waals surface area contributed by atoms with E-state index in [1.165, 1.54) is 12.5 Å². The SMILES string of the molecule is O=C(NCC1(CCO)CCC1)NC1CCCN(c2ccccc2F)C1. The Morgan fingerprint density at radius 2 is 2.12 bits per heavy atom. The molecule has 1 saturated carbocycles. The first-order chi connectivity index (χ1) is 12.1. The molecule has 1 atom stereocenters. The van der Waals surface area contributed by atoms with E-state index in [0.717, 1.165) is 38.6 Å². The van der Waals surface area contributed by atoms with Crippen molar-refractivity contribution in [2.75, 3.05) is 31.1 Å². The van der Waals surface area contributed by atoms with E-state index in [1.807, 2.05) is 11.0 Å². The molecule has 138 valence electrons. The minimum atomic E-state index is -0.219. The Bertz CT molecular complexity index is 592. The number of carbonyl (C=O) groups is 1. The van der Waals surface area contributed by atoms with Crippen LogP contribution in [0, 0.1) is 11.2 Å². The van der Waals surface area contributed by atoms with Crippen LogP contribution in [0.25, 0.3) is 0 Å². The van der Waals surface area contributed by atoms with Crippen molar-refractivity contribution < 1.29 is 14.3 Å². The molecule has 2 amide bonds. The Kier molecular flexibility index (Phi) is 5.78. The van der Waals surface area contributed by atoms with Gasteiger partial charge >= 0.3 is 6.03 Å². The molecule has 2 fully saturated rings. The van der Waals surface area contributed by atoms with Crippen molar-refractivity contribution in [3.8, 4) is 0 Å². The van der Waals surface area contributed by atoms with Gasteiger partial charge in [-0.05, 0) is 49.7 Å². The molecule has 25 heavy (non-hydrogen) atoms. The van der Waals surface area contributed by atoms with Crippen molar-refractivity contribution in [3.05, 3.63) is 30.1 Å². The molecule has 0 bridgehead atoms. The molecule has 5 nitrogen and oxygen atoms in total. The third kappa shape index (κ3) is 4.42. The second kappa shape index (κ2) is 8.04. The predicted octanol–water partition coefficient (Wildman–Crippen LogP) is 2.65. The van der Waals surface area contributed by atoms with Crippen LogP contribution in [0.4, 0.5) is 14.9 Å². The zero-order chi connectivity index (χ0) is 17.7. The van der Waals surface area contributed by atoms with E-state index in [2.05, 4.69) is 10.6 Å². The van der Waals surface area contributed by atoms with Crippen molar-refractivity contribution in [2.24, 2.45) is 5.41 Å². The molecule has 1 unspecified atom stereocenters. The fourth-order valence-electron chi connectivity index (χ4n) is 3.96. The van der Waals surface area contributed by atoms with Gasteiger partial charge in [0.05, 0.1) is 5.69 Å². The number of aliphatic hydroxyl groups is 1. The van der Waals surface area contributed by atoms with Gasteiger partial charge in [-0.1, -0.05) is 18.6 Å². The average molecular weight is 349 g/mol. The fraction of sp³-hybridized carbons (Fsp3) is 0.632. The van der Waals surface area contributed by atoms with Crippen LogP contribution in [-0.2, 0) is 0 Å². The summed E-state index contributed by atoms with van der Waals surface area (Å²) in [5, 5.41) is 15.2. The Hall–Kier alpha value is -1.82. The summed E-state index contributed by atoms with van der Waals surface area (Å²) in [6.07, 6.45) is 5.88. The lowest BCUT2D eigenvalue weighted by molar-refractivity contribution is 0.0883. The number of piperidine rings is 1. The summed E-state index contributed by atoms with van der Waals surface area (Å²) in [5.74, 6) is -0.219. The second-order valence-electron chi connectivity index (χ2n) is 7.39. The zero-order valence-corrected chi connectivity index (χ0v) is 14.6. The van der Waals surface area contributed by atoms with Gasteiger partial charge in [-0.3, -0.25) is 0 Å². The third-order valence-corrected chi connectivity index (χ3v) is 5.63. The lowest BCUT2D eigenvalue weighted by Gasteiger charge is -2.42. The third-order valence-electron chi connectivity index (χ3n) is 5.63. The summed E-state index contributed by atoms with van der Waals surface area (Å²) >= 11 is 0. The van der Waals surface area contributed by atoms with Gasteiger partial charge in [0, 0.05) is 32.3 Å². The number of hydrogen-bond donors (Lipinski definition) is 3. The van der Waals surface area contributed by atoms with Gasteiger partial charge in [-0.25, -0.2) is 9.18 Å². The topological polar surface area (TPSA) is 64.6 Å². The molecule has 1 heterocycles. The van der Waals surface area contributed by atoms with Crippen LogP contribution in [-0.4, -0.2) is 43.4 Å². The molecular formula is C19H28FN3O2. The smallest absolute Gasteiger partial charge is 0.315 e. The molecule has 1 aromatic carbocycles. The summed E-state index contributed by atoms with van der Waals surface area (Å²) in [6.45, 7) is 2.21. The molecule has 3 N–H and O–H groups in total. The van der Waals surface area contributed by atoms with Crippen LogP contribution >= 0.6 is 0 Å². The van der Waals surface area contributed by atoms with Gasteiger partial charge in [-0.2, -0.15) is 0 Å². The molecule has 0 aromatic heterocycles. The van der Waals surface area contributed by atoms with E-state index < -0.39 is 0 Å². The molecule has 1 saturated heterocycles.